The normalized spacial score (nSPS) is 24.1. The van der Waals surface area contributed by atoms with Crippen LogP contribution in [0.15, 0.2) is 24.3 Å². The lowest BCUT2D eigenvalue weighted by molar-refractivity contribution is 0.230. The molecule has 0 aliphatic heterocycles. The van der Waals surface area contributed by atoms with Gasteiger partial charge in [-0.2, -0.15) is 0 Å². The summed E-state index contributed by atoms with van der Waals surface area (Å²) in [5, 5.41) is 12.7. The first-order valence-corrected chi connectivity index (χ1v) is 6.51. The second-order valence-electron chi connectivity index (χ2n) is 5.81. The van der Waals surface area contributed by atoms with E-state index in [1.807, 2.05) is 6.92 Å². The van der Waals surface area contributed by atoms with Gasteiger partial charge in [-0.3, -0.25) is 0 Å². The molecule has 0 heterocycles. The maximum absolute atomic E-state index is 9.15. The van der Waals surface area contributed by atoms with Crippen molar-refractivity contribution in [2.75, 3.05) is 6.61 Å². The monoisotopic (exact) mass is 233 g/mol. The number of fused-ring (bicyclic) bond motifs is 1. The molecule has 1 aliphatic rings. The lowest BCUT2D eigenvalue weighted by Gasteiger charge is -2.38. The van der Waals surface area contributed by atoms with E-state index in [1.54, 1.807) is 0 Å². The molecular formula is C15H23NO. The molecule has 0 radical (unpaired) electrons. The number of aliphatic hydroxyl groups is 1. The van der Waals surface area contributed by atoms with Gasteiger partial charge in [0.05, 0.1) is 6.61 Å². The second-order valence-corrected chi connectivity index (χ2v) is 5.81. The van der Waals surface area contributed by atoms with E-state index in [4.69, 9.17) is 5.11 Å². The molecular weight excluding hydrogens is 210 g/mol. The second kappa shape index (κ2) is 4.79. The minimum absolute atomic E-state index is 0.161. The van der Waals surface area contributed by atoms with Gasteiger partial charge in [0.25, 0.3) is 0 Å². The summed E-state index contributed by atoms with van der Waals surface area (Å²) >= 11 is 0. The molecule has 1 aliphatic carbocycles. The number of aliphatic hydroxyl groups excluding tert-OH is 1. The fourth-order valence-electron chi connectivity index (χ4n) is 2.78. The third-order valence-electron chi connectivity index (χ3n) is 3.88. The molecule has 2 heteroatoms. The van der Waals surface area contributed by atoms with E-state index >= 15 is 0 Å². The molecule has 0 amide bonds. The summed E-state index contributed by atoms with van der Waals surface area (Å²) in [6, 6.07) is 9.25. The third kappa shape index (κ3) is 2.53. The smallest absolute Gasteiger partial charge is 0.0582 e. The van der Waals surface area contributed by atoms with Crippen LogP contribution in [-0.4, -0.2) is 17.8 Å². The molecule has 1 aromatic rings. The largest absolute Gasteiger partial charge is 0.395 e. The van der Waals surface area contributed by atoms with Gasteiger partial charge in [0.15, 0.2) is 0 Å². The Morgan fingerprint density at radius 2 is 2.12 bits per heavy atom. The molecule has 0 aromatic heterocycles. The van der Waals surface area contributed by atoms with E-state index in [0.717, 1.165) is 6.42 Å². The molecule has 2 nitrogen and oxygen atoms in total. The van der Waals surface area contributed by atoms with Crippen molar-refractivity contribution in [2.24, 2.45) is 0 Å². The van der Waals surface area contributed by atoms with Gasteiger partial charge in [-0.15, -0.1) is 0 Å². The van der Waals surface area contributed by atoms with Gasteiger partial charge >= 0.3 is 0 Å². The lowest BCUT2D eigenvalue weighted by Crippen LogP contribution is -2.38. The third-order valence-corrected chi connectivity index (χ3v) is 3.88. The lowest BCUT2D eigenvalue weighted by atomic mass is 9.71. The van der Waals surface area contributed by atoms with Crippen LogP contribution < -0.4 is 5.32 Å². The van der Waals surface area contributed by atoms with E-state index in [0.29, 0.717) is 6.04 Å². The predicted molar refractivity (Wildman–Crippen MR) is 71.1 cm³/mol. The molecule has 2 N–H and O–H groups in total. The highest BCUT2D eigenvalue weighted by Gasteiger charge is 2.32. The molecule has 17 heavy (non-hydrogen) atoms. The molecule has 0 saturated carbocycles. The number of hydrogen-bond donors (Lipinski definition) is 2. The van der Waals surface area contributed by atoms with Crippen LogP contribution in [0.5, 0.6) is 0 Å². The van der Waals surface area contributed by atoms with Crippen molar-refractivity contribution in [3.63, 3.8) is 0 Å². The summed E-state index contributed by atoms with van der Waals surface area (Å²) in [4.78, 5) is 0. The summed E-state index contributed by atoms with van der Waals surface area (Å²) in [7, 11) is 0. The van der Waals surface area contributed by atoms with E-state index in [-0.39, 0.29) is 18.1 Å². The van der Waals surface area contributed by atoms with Gasteiger partial charge in [-0.1, -0.05) is 38.1 Å². The summed E-state index contributed by atoms with van der Waals surface area (Å²) < 4.78 is 0. The van der Waals surface area contributed by atoms with Crippen molar-refractivity contribution in [3.8, 4) is 0 Å². The van der Waals surface area contributed by atoms with Crippen LogP contribution in [0.4, 0.5) is 0 Å². The summed E-state index contributed by atoms with van der Waals surface area (Å²) in [6.07, 6.45) is 2.34. The Bertz CT molecular complexity index is 386. The van der Waals surface area contributed by atoms with E-state index in [9.17, 15) is 0 Å². The Morgan fingerprint density at radius 1 is 1.41 bits per heavy atom. The van der Waals surface area contributed by atoms with Crippen LogP contribution in [-0.2, 0) is 5.41 Å². The van der Waals surface area contributed by atoms with Crippen molar-refractivity contribution in [2.45, 2.75) is 51.1 Å². The Kier molecular flexibility index (Phi) is 3.55. The van der Waals surface area contributed by atoms with E-state index in [1.165, 1.54) is 17.5 Å². The Hall–Kier alpha value is -0.860. The van der Waals surface area contributed by atoms with Crippen molar-refractivity contribution in [1.82, 2.24) is 5.32 Å². The van der Waals surface area contributed by atoms with Crippen molar-refractivity contribution >= 4 is 0 Å². The SMILES string of the molecule is CC(CO)NC1CCC(C)(C)c2ccccc21. The van der Waals surface area contributed by atoms with Crippen molar-refractivity contribution < 1.29 is 5.11 Å². The van der Waals surface area contributed by atoms with Gasteiger partial charge < -0.3 is 10.4 Å². The summed E-state index contributed by atoms with van der Waals surface area (Å²) in [5.41, 5.74) is 3.13. The maximum atomic E-state index is 9.15. The highest BCUT2D eigenvalue weighted by molar-refractivity contribution is 5.38. The molecule has 2 unspecified atom stereocenters. The maximum Gasteiger partial charge on any atom is 0.0582 e. The molecule has 0 fully saturated rings. The Balaban J connectivity index is 2.28. The van der Waals surface area contributed by atoms with E-state index < -0.39 is 0 Å². The number of nitrogens with one attached hydrogen (secondary N) is 1. The molecule has 2 atom stereocenters. The van der Waals surface area contributed by atoms with Gasteiger partial charge in [0, 0.05) is 12.1 Å². The fraction of sp³-hybridized carbons (Fsp3) is 0.600. The van der Waals surface area contributed by atoms with Gasteiger partial charge in [0.2, 0.25) is 0 Å². The Labute approximate surface area is 104 Å². The first-order valence-electron chi connectivity index (χ1n) is 6.51. The van der Waals surface area contributed by atoms with Crippen LogP contribution in [0.25, 0.3) is 0 Å². The first-order chi connectivity index (χ1) is 8.04. The molecule has 0 spiro atoms. The van der Waals surface area contributed by atoms with Crippen LogP contribution >= 0.6 is 0 Å². The first kappa shape index (κ1) is 12.6. The minimum Gasteiger partial charge on any atom is -0.395 e. The molecule has 0 bridgehead atoms. The Morgan fingerprint density at radius 3 is 2.82 bits per heavy atom. The fourth-order valence-corrected chi connectivity index (χ4v) is 2.78. The average Bonchev–Trinajstić information content (AvgIpc) is 2.33. The van der Waals surface area contributed by atoms with Crippen LogP contribution in [0, 0.1) is 0 Å². The zero-order valence-corrected chi connectivity index (χ0v) is 11.0. The van der Waals surface area contributed by atoms with Gasteiger partial charge in [0.1, 0.15) is 0 Å². The standard InChI is InChI=1S/C15H23NO/c1-11(10-17)16-14-8-9-15(2,3)13-7-5-4-6-12(13)14/h4-7,11,14,16-17H,8-10H2,1-3H3. The van der Waals surface area contributed by atoms with Gasteiger partial charge in [-0.25, -0.2) is 0 Å². The predicted octanol–water partition coefficient (Wildman–Crippen LogP) is 2.77. The topological polar surface area (TPSA) is 32.3 Å². The van der Waals surface area contributed by atoms with Crippen molar-refractivity contribution in [1.29, 1.82) is 0 Å². The highest BCUT2D eigenvalue weighted by Crippen LogP contribution is 2.41. The van der Waals surface area contributed by atoms with Crippen LogP contribution in [0.2, 0.25) is 0 Å². The van der Waals surface area contributed by atoms with Crippen LogP contribution in [0.3, 0.4) is 0 Å². The summed E-state index contributed by atoms with van der Waals surface area (Å²) in [6.45, 7) is 6.86. The molecule has 1 aromatic carbocycles. The van der Waals surface area contributed by atoms with Crippen LogP contribution in [0.1, 0.15) is 50.8 Å². The number of hydrogen-bond acceptors (Lipinski definition) is 2. The molecule has 94 valence electrons. The molecule has 0 saturated heterocycles. The minimum atomic E-state index is 0.161. The van der Waals surface area contributed by atoms with E-state index in [2.05, 4.69) is 43.4 Å². The van der Waals surface area contributed by atoms with Crippen molar-refractivity contribution in [3.05, 3.63) is 35.4 Å². The summed E-state index contributed by atoms with van der Waals surface area (Å²) in [5.74, 6) is 0. The molecule has 2 rings (SSSR count). The zero-order chi connectivity index (χ0) is 12.5. The quantitative estimate of drug-likeness (QED) is 0.841. The highest BCUT2D eigenvalue weighted by atomic mass is 16.3. The van der Waals surface area contributed by atoms with Gasteiger partial charge in [-0.05, 0) is 36.3 Å². The number of rotatable bonds is 3. The number of benzene rings is 1. The zero-order valence-electron chi connectivity index (χ0n) is 11.0. The average molecular weight is 233 g/mol.